The van der Waals surface area contributed by atoms with Gasteiger partial charge >= 0.3 is 5.97 Å². The van der Waals surface area contributed by atoms with Gasteiger partial charge in [0.25, 0.3) is 0 Å². The fourth-order valence-corrected chi connectivity index (χ4v) is 3.07. The molecular formula is C12H17NO2S. The molecule has 0 spiro atoms. The van der Waals surface area contributed by atoms with E-state index < -0.39 is 5.97 Å². The van der Waals surface area contributed by atoms with Crippen LogP contribution in [0.15, 0.2) is 0 Å². The summed E-state index contributed by atoms with van der Waals surface area (Å²) in [4.78, 5) is 16.8. The zero-order valence-corrected chi connectivity index (χ0v) is 10.7. The van der Waals surface area contributed by atoms with E-state index in [0.717, 1.165) is 23.5 Å². The summed E-state index contributed by atoms with van der Waals surface area (Å²) in [5.41, 5.74) is 1.09. The summed E-state index contributed by atoms with van der Waals surface area (Å²) in [5, 5.41) is 10.1. The van der Waals surface area contributed by atoms with Crippen molar-refractivity contribution in [1.82, 2.24) is 4.98 Å². The first-order valence-corrected chi connectivity index (χ1v) is 6.41. The van der Waals surface area contributed by atoms with E-state index >= 15 is 0 Å². The van der Waals surface area contributed by atoms with Gasteiger partial charge in [-0.05, 0) is 12.8 Å². The van der Waals surface area contributed by atoms with Gasteiger partial charge in [-0.2, -0.15) is 0 Å². The Kier molecular flexibility index (Phi) is 2.78. The van der Waals surface area contributed by atoms with E-state index in [-0.39, 0.29) is 11.3 Å². The number of aliphatic carboxylic acids is 1. The van der Waals surface area contributed by atoms with Gasteiger partial charge in [-0.3, -0.25) is 4.79 Å². The minimum Gasteiger partial charge on any atom is -0.481 e. The van der Waals surface area contributed by atoms with Crippen LogP contribution in [0, 0.1) is 5.92 Å². The molecule has 0 aliphatic heterocycles. The number of hydrogen-bond acceptors (Lipinski definition) is 3. The molecule has 88 valence electrons. The van der Waals surface area contributed by atoms with Crippen molar-refractivity contribution in [2.24, 2.45) is 5.92 Å². The van der Waals surface area contributed by atoms with Crippen LogP contribution in [0.2, 0.25) is 0 Å². The number of hydrogen-bond donors (Lipinski definition) is 1. The van der Waals surface area contributed by atoms with E-state index in [2.05, 4.69) is 25.8 Å². The summed E-state index contributed by atoms with van der Waals surface area (Å²) in [6.45, 7) is 6.43. The fraction of sp³-hybridized carbons (Fsp3) is 0.667. The van der Waals surface area contributed by atoms with Crippen LogP contribution in [0.4, 0.5) is 0 Å². The topological polar surface area (TPSA) is 50.2 Å². The minimum atomic E-state index is -0.684. The number of aryl methyl sites for hydroxylation is 1. The third-order valence-electron chi connectivity index (χ3n) is 2.93. The molecule has 0 saturated heterocycles. The maximum absolute atomic E-state index is 10.9. The van der Waals surface area contributed by atoms with E-state index in [9.17, 15) is 4.79 Å². The maximum atomic E-state index is 10.9. The quantitative estimate of drug-likeness (QED) is 0.819. The molecule has 0 bridgehead atoms. The van der Waals surface area contributed by atoms with Crippen LogP contribution in [-0.2, 0) is 23.1 Å². The van der Waals surface area contributed by atoms with Crippen molar-refractivity contribution in [3.8, 4) is 0 Å². The Morgan fingerprint density at radius 1 is 1.50 bits per heavy atom. The molecule has 0 fully saturated rings. The van der Waals surface area contributed by atoms with Crippen molar-refractivity contribution in [3.05, 3.63) is 15.6 Å². The second kappa shape index (κ2) is 3.84. The Morgan fingerprint density at radius 3 is 2.75 bits per heavy atom. The molecule has 2 rings (SSSR count). The Balaban J connectivity index is 2.27. The monoisotopic (exact) mass is 239 g/mol. The van der Waals surface area contributed by atoms with Crippen molar-refractivity contribution in [2.45, 2.75) is 45.4 Å². The molecule has 3 nitrogen and oxygen atoms in total. The van der Waals surface area contributed by atoms with E-state index in [4.69, 9.17) is 5.11 Å². The van der Waals surface area contributed by atoms with Gasteiger partial charge in [-0.25, -0.2) is 4.98 Å². The standard InChI is InChI=1S/C12H17NO2S/c1-12(2,3)11-13-8-6-7(10(14)15)4-5-9(8)16-11/h7H,4-6H2,1-3H3,(H,14,15). The summed E-state index contributed by atoms with van der Waals surface area (Å²) in [6, 6.07) is 0. The number of carboxylic acids is 1. The van der Waals surface area contributed by atoms with Crippen molar-refractivity contribution in [3.63, 3.8) is 0 Å². The molecule has 0 aromatic carbocycles. The molecular weight excluding hydrogens is 222 g/mol. The van der Waals surface area contributed by atoms with Gasteiger partial charge in [0.2, 0.25) is 0 Å². The Hall–Kier alpha value is -0.900. The third-order valence-corrected chi connectivity index (χ3v) is 4.51. The van der Waals surface area contributed by atoms with Gasteiger partial charge in [-0.1, -0.05) is 20.8 Å². The summed E-state index contributed by atoms with van der Waals surface area (Å²) in [5.74, 6) is -0.918. The van der Waals surface area contributed by atoms with Crippen LogP contribution < -0.4 is 0 Å². The van der Waals surface area contributed by atoms with Crippen LogP contribution in [0.25, 0.3) is 0 Å². The fourth-order valence-electron chi connectivity index (χ4n) is 1.91. The minimum absolute atomic E-state index is 0.0702. The van der Waals surface area contributed by atoms with Gasteiger partial charge < -0.3 is 5.11 Å². The predicted molar refractivity (Wildman–Crippen MR) is 64.0 cm³/mol. The highest BCUT2D eigenvalue weighted by atomic mass is 32.1. The summed E-state index contributed by atoms with van der Waals surface area (Å²) in [7, 11) is 0. The number of carboxylic acid groups (broad SMARTS) is 1. The lowest BCUT2D eigenvalue weighted by Crippen LogP contribution is -2.21. The van der Waals surface area contributed by atoms with Crippen LogP contribution in [0.3, 0.4) is 0 Å². The summed E-state index contributed by atoms with van der Waals surface area (Å²) in [6.07, 6.45) is 2.24. The molecule has 1 heterocycles. The zero-order chi connectivity index (χ0) is 11.9. The molecule has 0 amide bonds. The SMILES string of the molecule is CC(C)(C)c1nc2c(s1)CCC(C(=O)O)C2. The Morgan fingerprint density at radius 2 is 2.19 bits per heavy atom. The smallest absolute Gasteiger partial charge is 0.306 e. The van der Waals surface area contributed by atoms with Crippen molar-refractivity contribution < 1.29 is 9.90 Å². The summed E-state index contributed by atoms with van der Waals surface area (Å²) >= 11 is 1.75. The van der Waals surface area contributed by atoms with E-state index in [1.54, 1.807) is 11.3 Å². The number of rotatable bonds is 1. The molecule has 1 atom stereocenters. The average Bonchev–Trinajstić information content (AvgIpc) is 2.58. The first-order chi connectivity index (χ1) is 7.38. The maximum Gasteiger partial charge on any atom is 0.306 e. The zero-order valence-electron chi connectivity index (χ0n) is 9.91. The highest BCUT2D eigenvalue weighted by Gasteiger charge is 2.29. The normalized spacial score (nSPS) is 20.6. The first kappa shape index (κ1) is 11.6. The third kappa shape index (κ3) is 2.12. The summed E-state index contributed by atoms with van der Waals surface area (Å²) < 4.78 is 0. The lowest BCUT2D eigenvalue weighted by atomic mass is 9.91. The molecule has 1 aromatic heterocycles. The first-order valence-electron chi connectivity index (χ1n) is 5.60. The molecule has 1 aromatic rings. The average molecular weight is 239 g/mol. The Bertz CT molecular complexity index is 417. The van der Waals surface area contributed by atoms with Crippen molar-refractivity contribution in [2.75, 3.05) is 0 Å². The number of thiazole rings is 1. The molecule has 1 unspecified atom stereocenters. The van der Waals surface area contributed by atoms with E-state index in [1.165, 1.54) is 4.88 Å². The second-order valence-electron chi connectivity index (χ2n) is 5.42. The second-order valence-corrected chi connectivity index (χ2v) is 6.50. The molecule has 1 aliphatic rings. The van der Waals surface area contributed by atoms with Crippen LogP contribution in [0.5, 0.6) is 0 Å². The van der Waals surface area contributed by atoms with Crippen LogP contribution in [-0.4, -0.2) is 16.1 Å². The largest absolute Gasteiger partial charge is 0.481 e. The highest BCUT2D eigenvalue weighted by Crippen LogP contribution is 2.34. The Labute approximate surface area is 99.5 Å². The van der Waals surface area contributed by atoms with Gasteiger partial charge in [0.05, 0.1) is 16.6 Å². The molecule has 1 N–H and O–H groups in total. The van der Waals surface area contributed by atoms with Gasteiger partial charge in [0, 0.05) is 16.7 Å². The van der Waals surface area contributed by atoms with Gasteiger partial charge in [-0.15, -0.1) is 11.3 Å². The van der Waals surface area contributed by atoms with E-state index in [1.807, 2.05) is 0 Å². The molecule has 1 aliphatic carbocycles. The van der Waals surface area contributed by atoms with Crippen molar-refractivity contribution >= 4 is 17.3 Å². The predicted octanol–water partition coefficient (Wildman–Crippen LogP) is 2.63. The van der Waals surface area contributed by atoms with E-state index in [0.29, 0.717) is 6.42 Å². The van der Waals surface area contributed by atoms with Crippen molar-refractivity contribution in [1.29, 1.82) is 0 Å². The highest BCUT2D eigenvalue weighted by molar-refractivity contribution is 7.11. The number of aromatic nitrogens is 1. The number of carbonyl (C=O) groups is 1. The molecule has 16 heavy (non-hydrogen) atoms. The van der Waals surface area contributed by atoms with Crippen LogP contribution >= 0.6 is 11.3 Å². The molecule has 0 saturated carbocycles. The van der Waals surface area contributed by atoms with Crippen LogP contribution in [0.1, 0.15) is 42.8 Å². The number of fused-ring (bicyclic) bond motifs is 1. The molecule has 0 radical (unpaired) electrons. The van der Waals surface area contributed by atoms with Gasteiger partial charge in [0.15, 0.2) is 0 Å². The lowest BCUT2D eigenvalue weighted by molar-refractivity contribution is -0.142. The number of nitrogens with zero attached hydrogens (tertiary/aromatic N) is 1. The molecule has 4 heteroatoms. The van der Waals surface area contributed by atoms with Gasteiger partial charge in [0.1, 0.15) is 0 Å². The lowest BCUT2D eigenvalue weighted by Gasteiger charge is -2.16.